The van der Waals surface area contributed by atoms with Crippen LogP contribution in [-0.2, 0) is 19.5 Å². The summed E-state index contributed by atoms with van der Waals surface area (Å²) in [5.41, 5.74) is 10.4. The quantitative estimate of drug-likeness (QED) is 0.0824. The SMILES string of the molecule is NCc1cccc(I)c1.O=C(CCc1cccc(I)c1)c1cccc(C(=O)NCc2cccc(I)c2)c1.O=C(Cl)c1cccc(C(=O)Cl)c1. The van der Waals surface area contributed by atoms with Crippen molar-refractivity contribution in [2.24, 2.45) is 5.73 Å². The molecule has 49 heavy (non-hydrogen) atoms. The molecule has 0 radical (unpaired) electrons. The number of Topliss-reactive ketones (excluding diaryl/α,β-unsaturated/α-hetero) is 1. The van der Waals surface area contributed by atoms with Crippen molar-refractivity contribution < 1.29 is 19.2 Å². The first-order chi connectivity index (χ1) is 23.4. The van der Waals surface area contributed by atoms with Crippen molar-refractivity contribution in [3.63, 3.8) is 0 Å². The van der Waals surface area contributed by atoms with E-state index in [0.717, 1.165) is 18.3 Å². The first kappa shape index (κ1) is 40.7. The summed E-state index contributed by atoms with van der Waals surface area (Å²) >= 11 is 17.2. The van der Waals surface area contributed by atoms with Gasteiger partial charge in [-0.1, -0.05) is 66.7 Å². The summed E-state index contributed by atoms with van der Waals surface area (Å²) in [7, 11) is 0. The lowest BCUT2D eigenvalue weighted by Crippen LogP contribution is -2.23. The zero-order chi connectivity index (χ0) is 35.8. The number of hydrogen-bond donors (Lipinski definition) is 2. The van der Waals surface area contributed by atoms with Crippen molar-refractivity contribution in [1.29, 1.82) is 0 Å². The third-order valence-corrected chi connectivity index (χ3v) is 9.21. The van der Waals surface area contributed by atoms with Gasteiger partial charge in [-0.15, -0.1) is 0 Å². The Hall–Kier alpha value is -2.69. The van der Waals surface area contributed by atoms with Crippen molar-refractivity contribution in [2.75, 3.05) is 0 Å². The Balaban J connectivity index is 0.000000252. The third-order valence-electron chi connectivity index (χ3n) is 6.76. The molecule has 0 atom stereocenters. The Morgan fingerprint density at radius 3 is 1.49 bits per heavy atom. The van der Waals surface area contributed by atoms with Gasteiger partial charge in [0.2, 0.25) is 0 Å². The second kappa shape index (κ2) is 21.5. The van der Waals surface area contributed by atoms with E-state index in [1.807, 2.05) is 54.6 Å². The van der Waals surface area contributed by atoms with Crippen LogP contribution >= 0.6 is 91.0 Å². The fourth-order valence-electron chi connectivity index (χ4n) is 4.29. The molecule has 0 saturated heterocycles. The van der Waals surface area contributed by atoms with Crippen molar-refractivity contribution in [3.8, 4) is 0 Å². The predicted octanol–water partition coefficient (Wildman–Crippen LogP) is 9.84. The van der Waals surface area contributed by atoms with E-state index in [2.05, 4.69) is 91.3 Å². The molecule has 5 rings (SSSR count). The molecule has 3 N–H and O–H groups in total. The smallest absolute Gasteiger partial charge is 0.252 e. The summed E-state index contributed by atoms with van der Waals surface area (Å²) in [6, 6.07) is 37.2. The lowest BCUT2D eigenvalue weighted by atomic mass is 10.0. The number of aryl methyl sites for hydroxylation is 1. The molecule has 0 bridgehead atoms. The normalized spacial score (nSPS) is 10.1. The number of halogens is 5. The highest BCUT2D eigenvalue weighted by atomic mass is 127. The minimum atomic E-state index is -0.602. The Morgan fingerprint density at radius 1 is 0.551 bits per heavy atom. The maximum atomic E-state index is 12.6. The minimum Gasteiger partial charge on any atom is -0.348 e. The summed E-state index contributed by atoms with van der Waals surface area (Å²) in [4.78, 5) is 46.3. The Kier molecular flexibility index (Phi) is 17.9. The van der Waals surface area contributed by atoms with Crippen LogP contribution < -0.4 is 11.1 Å². The Labute approximate surface area is 337 Å². The molecule has 0 heterocycles. The molecule has 0 aromatic heterocycles. The van der Waals surface area contributed by atoms with Crippen molar-refractivity contribution in [1.82, 2.24) is 5.32 Å². The fraction of sp³-hybridized carbons (Fsp3) is 0.105. The first-order valence-corrected chi connectivity index (χ1v) is 18.8. The van der Waals surface area contributed by atoms with E-state index < -0.39 is 10.5 Å². The Bertz CT molecular complexity index is 1810. The molecule has 1 amide bonds. The van der Waals surface area contributed by atoms with Gasteiger partial charge in [-0.2, -0.15) is 0 Å². The van der Waals surface area contributed by atoms with E-state index in [9.17, 15) is 19.2 Å². The number of amides is 1. The van der Waals surface area contributed by atoms with E-state index in [1.165, 1.54) is 27.3 Å². The predicted molar refractivity (Wildman–Crippen MR) is 222 cm³/mol. The highest BCUT2D eigenvalue weighted by Gasteiger charge is 2.11. The van der Waals surface area contributed by atoms with Gasteiger partial charge in [0, 0.05) is 52.5 Å². The van der Waals surface area contributed by atoms with Gasteiger partial charge >= 0.3 is 0 Å². The van der Waals surface area contributed by atoms with Crippen LogP contribution in [0.4, 0.5) is 0 Å². The van der Waals surface area contributed by atoms with Crippen LogP contribution in [0.25, 0.3) is 0 Å². The van der Waals surface area contributed by atoms with Crippen LogP contribution in [0.2, 0.25) is 0 Å². The van der Waals surface area contributed by atoms with Gasteiger partial charge < -0.3 is 11.1 Å². The van der Waals surface area contributed by atoms with Gasteiger partial charge in [-0.3, -0.25) is 19.2 Å². The molecule has 5 aromatic carbocycles. The lowest BCUT2D eigenvalue weighted by molar-refractivity contribution is 0.0950. The monoisotopic (exact) mass is 1030 g/mol. The van der Waals surface area contributed by atoms with Crippen LogP contribution in [0.1, 0.15) is 64.5 Å². The van der Waals surface area contributed by atoms with Gasteiger partial charge in [0.15, 0.2) is 5.78 Å². The number of rotatable bonds is 10. The highest BCUT2D eigenvalue weighted by Crippen LogP contribution is 2.14. The molecule has 5 aromatic rings. The number of nitrogens with two attached hydrogens (primary N) is 1. The topological polar surface area (TPSA) is 106 Å². The van der Waals surface area contributed by atoms with Crippen molar-refractivity contribution >= 4 is 113 Å². The fourth-order valence-corrected chi connectivity index (χ4v) is 6.35. The molecular formula is C38H31Cl2I3N2O4. The summed E-state index contributed by atoms with van der Waals surface area (Å²) in [6.07, 6.45) is 1.12. The van der Waals surface area contributed by atoms with Crippen LogP contribution in [0, 0.1) is 10.7 Å². The summed E-state index contributed by atoms with van der Waals surface area (Å²) in [6.45, 7) is 1.09. The second-order valence-corrected chi connectivity index (χ2v) is 14.8. The van der Waals surface area contributed by atoms with Crippen LogP contribution in [0.5, 0.6) is 0 Å². The Morgan fingerprint density at radius 2 is 0.980 bits per heavy atom. The number of ketones is 1. The molecule has 0 fully saturated rings. The molecule has 0 aliphatic heterocycles. The molecule has 0 aliphatic carbocycles. The molecule has 0 aliphatic rings. The molecule has 0 saturated carbocycles. The zero-order valence-corrected chi connectivity index (χ0v) is 34.0. The molecule has 0 spiro atoms. The average molecular weight is 1030 g/mol. The van der Waals surface area contributed by atoms with Crippen molar-refractivity contribution in [3.05, 3.63) is 171 Å². The van der Waals surface area contributed by atoms with Crippen LogP contribution in [0.3, 0.4) is 0 Å². The second-order valence-electron chi connectivity index (χ2n) is 10.4. The van der Waals surface area contributed by atoms with Crippen LogP contribution in [0.15, 0.2) is 121 Å². The molecule has 6 nitrogen and oxygen atoms in total. The van der Waals surface area contributed by atoms with E-state index in [1.54, 1.807) is 30.3 Å². The molecule has 0 unspecified atom stereocenters. The lowest BCUT2D eigenvalue weighted by Gasteiger charge is -2.08. The summed E-state index contributed by atoms with van der Waals surface area (Å²) < 4.78 is 3.54. The minimum absolute atomic E-state index is 0.0473. The average Bonchev–Trinajstić information content (AvgIpc) is 3.10. The number of nitrogens with one attached hydrogen (secondary N) is 1. The molecule has 252 valence electrons. The van der Waals surface area contributed by atoms with Gasteiger partial charge in [0.05, 0.1) is 0 Å². The van der Waals surface area contributed by atoms with E-state index in [0.29, 0.717) is 37.1 Å². The zero-order valence-electron chi connectivity index (χ0n) is 26.0. The molecular weight excluding hydrogens is 1000 g/mol. The van der Waals surface area contributed by atoms with Gasteiger partial charge in [0.25, 0.3) is 16.4 Å². The number of carbonyl (C=O) groups excluding carboxylic acids is 4. The van der Waals surface area contributed by atoms with Crippen LogP contribution in [-0.4, -0.2) is 22.2 Å². The van der Waals surface area contributed by atoms with E-state index >= 15 is 0 Å². The summed E-state index contributed by atoms with van der Waals surface area (Å²) in [5, 5.41) is 1.71. The van der Waals surface area contributed by atoms with Gasteiger partial charge in [-0.25, -0.2) is 0 Å². The first-order valence-electron chi connectivity index (χ1n) is 14.8. The largest absolute Gasteiger partial charge is 0.348 e. The summed E-state index contributed by atoms with van der Waals surface area (Å²) in [5.74, 6) is -0.128. The third kappa shape index (κ3) is 15.0. The van der Waals surface area contributed by atoms with Gasteiger partial charge in [0.1, 0.15) is 0 Å². The van der Waals surface area contributed by atoms with Crippen molar-refractivity contribution in [2.45, 2.75) is 25.9 Å². The highest BCUT2D eigenvalue weighted by molar-refractivity contribution is 14.1. The van der Waals surface area contributed by atoms with E-state index in [4.69, 9.17) is 28.9 Å². The van der Waals surface area contributed by atoms with Gasteiger partial charge in [-0.05, 0) is 169 Å². The number of carbonyl (C=O) groups is 4. The number of benzene rings is 5. The van der Waals surface area contributed by atoms with E-state index in [-0.39, 0.29) is 22.8 Å². The maximum absolute atomic E-state index is 12.6. The maximum Gasteiger partial charge on any atom is 0.252 e. The molecule has 11 heteroatoms. The standard InChI is InChI=1S/C23H19I2NO2.C8H4Cl2O2.C7H8IN/c24-20-8-1-4-16(12-20)10-11-22(27)18-6-3-7-19(14-18)23(28)26-15-17-5-2-9-21(25)13-17;9-7(11)5-2-1-3-6(4-5)8(10)12;8-7-3-1-2-6(4-7)5-9/h1-9,12-14H,10-11,15H2,(H,26,28);1-4H;1-4H,5,9H2. The number of hydrogen-bond acceptors (Lipinski definition) is 5.